The highest BCUT2D eigenvalue weighted by atomic mass is 31.2. The summed E-state index contributed by atoms with van der Waals surface area (Å²) in [4.78, 5) is 23.1. The Morgan fingerprint density at radius 1 is 0.607 bits per heavy atom. The zero-order chi connectivity index (χ0) is 41.4. The van der Waals surface area contributed by atoms with Gasteiger partial charge in [-0.2, -0.15) is 0 Å². The number of phosphoric acid groups is 1. The number of aliphatic hydroxyl groups is 1. The Bertz CT molecular complexity index is 1050. The van der Waals surface area contributed by atoms with Crippen molar-refractivity contribution in [3.05, 3.63) is 48.6 Å². The van der Waals surface area contributed by atoms with Crippen LogP contribution in [0.2, 0.25) is 0 Å². The second-order valence-electron chi connectivity index (χ2n) is 16.8. The average molecular weight is 810 g/mol. The minimum Gasteiger partial charge on any atom is -0.387 e. The van der Waals surface area contributed by atoms with Crippen LogP contribution >= 0.6 is 7.82 Å². The van der Waals surface area contributed by atoms with E-state index in [1.807, 2.05) is 27.2 Å². The zero-order valence-electron chi connectivity index (χ0n) is 37.1. The van der Waals surface area contributed by atoms with Gasteiger partial charge in [0, 0.05) is 6.42 Å². The number of phosphoric ester groups is 1. The van der Waals surface area contributed by atoms with Gasteiger partial charge in [0.1, 0.15) is 13.2 Å². The summed E-state index contributed by atoms with van der Waals surface area (Å²) in [5.74, 6) is -0.197. The third kappa shape index (κ3) is 40.6. The van der Waals surface area contributed by atoms with Crippen LogP contribution in [0.4, 0.5) is 0 Å². The van der Waals surface area contributed by atoms with Crippen molar-refractivity contribution in [1.82, 2.24) is 5.32 Å². The molecular weight excluding hydrogens is 719 g/mol. The molecular formula is C47H90N2O6P+. The van der Waals surface area contributed by atoms with Crippen LogP contribution in [0, 0.1) is 0 Å². The van der Waals surface area contributed by atoms with Gasteiger partial charge in [-0.3, -0.25) is 13.8 Å². The Balaban J connectivity index is 4.32. The number of allylic oxidation sites excluding steroid dienone is 7. The van der Waals surface area contributed by atoms with Gasteiger partial charge in [0.25, 0.3) is 0 Å². The van der Waals surface area contributed by atoms with Gasteiger partial charge in [-0.25, -0.2) is 4.57 Å². The molecule has 0 saturated heterocycles. The van der Waals surface area contributed by atoms with Crippen molar-refractivity contribution in [2.45, 2.75) is 206 Å². The molecule has 0 radical (unpaired) electrons. The molecule has 0 aromatic heterocycles. The second kappa shape index (κ2) is 38.9. The summed E-state index contributed by atoms with van der Waals surface area (Å²) in [5, 5.41) is 13.8. The Labute approximate surface area is 346 Å². The number of unbranched alkanes of at least 4 members (excludes halogenated alkanes) is 22. The molecule has 0 fully saturated rings. The molecule has 0 spiro atoms. The van der Waals surface area contributed by atoms with Crippen molar-refractivity contribution in [3.8, 4) is 0 Å². The minimum atomic E-state index is -4.35. The van der Waals surface area contributed by atoms with E-state index in [9.17, 15) is 19.4 Å². The first-order valence-electron chi connectivity index (χ1n) is 23.0. The van der Waals surface area contributed by atoms with Crippen LogP contribution in [0.1, 0.15) is 194 Å². The summed E-state index contributed by atoms with van der Waals surface area (Å²) < 4.78 is 23.5. The molecule has 328 valence electrons. The van der Waals surface area contributed by atoms with Crippen molar-refractivity contribution >= 4 is 13.7 Å². The van der Waals surface area contributed by atoms with E-state index in [-0.39, 0.29) is 19.1 Å². The lowest BCUT2D eigenvalue weighted by atomic mass is 10.1. The fourth-order valence-electron chi connectivity index (χ4n) is 6.32. The van der Waals surface area contributed by atoms with Crippen molar-refractivity contribution < 1.29 is 32.9 Å². The van der Waals surface area contributed by atoms with E-state index in [4.69, 9.17) is 9.05 Å². The number of nitrogens with zero attached hydrogens (tertiary/aromatic N) is 1. The fraction of sp³-hybridized carbons (Fsp3) is 0.809. The van der Waals surface area contributed by atoms with Crippen molar-refractivity contribution in [1.29, 1.82) is 0 Å². The summed E-state index contributed by atoms with van der Waals surface area (Å²) >= 11 is 0. The maximum atomic E-state index is 12.9. The molecule has 0 aromatic carbocycles. The Kier molecular flexibility index (Phi) is 37.9. The summed E-state index contributed by atoms with van der Waals surface area (Å²) in [6, 6.07) is -0.866. The summed E-state index contributed by atoms with van der Waals surface area (Å²) in [6.07, 6.45) is 49.1. The van der Waals surface area contributed by atoms with Gasteiger partial charge >= 0.3 is 7.82 Å². The lowest BCUT2D eigenvalue weighted by Gasteiger charge is -2.25. The normalized spacial score (nSPS) is 14.8. The predicted molar refractivity (Wildman–Crippen MR) is 240 cm³/mol. The monoisotopic (exact) mass is 810 g/mol. The molecule has 3 atom stereocenters. The van der Waals surface area contributed by atoms with Crippen LogP contribution in [-0.4, -0.2) is 73.4 Å². The second-order valence-corrected chi connectivity index (χ2v) is 18.2. The number of carbonyl (C=O) groups is 1. The highest BCUT2D eigenvalue weighted by molar-refractivity contribution is 7.47. The zero-order valence-corrected chi connectivity index (χ0v) is 38.0. The minimum absolute atomic E-state index is 0.0530. The number of carbonyl (C=O) groups excluding carboxylic acids is 1. The average Bonchev–Trinajstić information content (AvgIpc) is 3.15. The SMILES string of the molecule is CCCCCCC/C=C/CC/C=C/C(O)C(COP(=O)(O)OCC[N+](C)(C)C)NC(=O)CCCCCCCCC/C=C\C/C=C\CCCCCCCCCCC. The summed E-state index contributed by atoms with van der Waals surface area (Å²) in [6.45, 7) is 4.75. The van der Waals surface area contributed by atoms with Crippen LogP contribution < -0.4 is 5.32 Å². The molecule has 3 unspecified atom stereocenters. The molecule has 56 heavy (non-hydrogen) atoms. The predicted octanol–water partition coefficient (Wildman–Crippen LogP) is 12.9. The molecule has 0 heterocycles. The lowest BCUT2D eigenvalue weighted by molar-refractivity contribution is -0.870. The maximum absolute atomic E-state index is 12.9. The number of rotatable bonds is 41. The van der Waals surface area contributed by atoms with Crippen molar-refractivity contribution in [2.24, 2.45) is 0 Å². The molecule has 0 bridgehead atoms. The van der Waals surface area contributed by atoms with Crippen molar-refractivity contribution in [2.75, 3.05) is 40.9 Å². The topological polar surface area (TPSA) is 105 Å². The van der Waals surface area contributed by atoms with Gasteiger partial charge < -0.3 is 19.8 Å². The number of nitrogens with one attached hydrogen (secondary N) is 1. The molecule has 9 heteroatoms. The standard InChI is InChI=1S/C47H89N2O6P/c1-6-8-10-12-14-16-18-19-20-21-22-23-24-25-26-27-28-29-31-33-35-37-39-41-47(51)48-45(44-55-56(52,53)54-43-42-49(3,4)5)46(50)40-38-36-34-32-30-17-15-13-11-9-7-2/h22-23,25-26,30,32,38,40,45-46,50H,6-21,24,27-29,31,33-37,39,41-44H2,1-5H3,(H-,48,51,52,53)/p+1/b23-22-,26-25-,32-30+,40-38+. The Morgan fingerprint density at radius 3 is 1.54 bits per heavy atom. The third-order valence-electron chi connectivity index (χ3n) is 10.0. The highest BCUT2D eigenvalue weighted by Crippen LogP contribution is 2.43. The highest BCUT2D eigenvalue weighted by Gasteiger charge is 2.27. The van der Waals surface area contributed by atoms with Crippen LogP contribution in [-0.2, 0) is 18.4 Å². The molecule has 0 aliphatic heterocycles. The molecule has 8 nitrogen and oxygen atoms in total. The van der Waals surface area contributed by atoms with E-state index in [1.54, 1.807) is 6.08 Å². The van der Waals surface area contributed by atoms with E-state index in [1.165, 1.54) is 122 Å². The molecule has 0 aliphatic carbocycles. The van der Waals surface area contributed by atoms with Gasteiger partial charge in [-0.15, -0.1) is 0 Å². The summed E-state index contributed by atoms with van der Waals surface area (Å²) in [7, 11) is 1.54. The van der Waals surface area contributed by atoms with E-state index in [0.717, 1.165) is 51.4 Å². The number of amides is 1. The largest absolute Gasteiger partial charge is 0.472 e. The van der Waals surface area contributed by atoms with Gasteiger partial charge in [0.05, 0.1) is 39.9 Å². The van der Waals surface area contributed by atoms with Gasteiger partial charge in [0.2, 0.25) is 5.91 Å². The van der Waals surface area contributed by atoms with E-state index in [0.29, 0.717) is 17.4 Å². The number of likely N-dealkylation sites (N-methyl/N-ethyl adjacent to an activating group) is 1. The molecule has 0 aromatic rings. The third-order valence-corrected chi connectivity index (χ3v) is 11.0. The number of aliphatic hydroxyl groups excluding tert-OH is 1. The van der Waals surface area contributed by atoms with Gasteiger partial charge in [0.15, 0.2) is 0 Å². The maximum Gasteiger partial charge on any atom is 0.472 e. The summed E-state index contributed by atoms with van der Waals surface area (Å²) in [5.41, 5.74) is 0. The molecule has 0 aliphatic rings. The quantitative estimate of drug-likeness (QED) is 0.0246. The molecule has 3 N–H and O–H groups in total. The number of quaternary nitrogens is 1. The first-order chi connectivity index (χ1) is 27.0. The first-order valence-corrected chi connectivity index (χ1v) is 24.5. The molecule has 0 saturated carbocycles. The van der Waals surface area contributed by atoms with Crippen molar-refractivity contribution in [3.63, 3.8) is 0 Å². The van der Waals surface area contributed by atoms with Crippen LogP contribution in [0.3, 0.4) is 0 Å². The molecule has 0 rings (SSSR count). The lowest BCUT2D eigenvalue weighted by Crippen LogP contribution is -2.45. The first kappa shape index (κ1) is 54.5. The number of hydrogen-bond donors (Lipinski definition) is 3. The van der Waals surface area contributed by atoms with Gasteiger partial charge in [-0.05, 0) is 64.2 Å². The van der Waals surface area contributed by atoms with Crippen LogP contribution in [0.15, 0.2) is 48.6 Å². The number of hydrogen-bond acceptors (Lipinski definition) is 5. The van der Waals surface area contributed by atoms with E-state index >= 15 is 0 Å². The Hall–Kier alpha value is -1.54. The smallest absolute Gasteiger partial charge is 0.387 e. The Morgan fingerprint density at radius 2 is 1.04 bits per heavy atom. The fourth-order valence-corrected chi connectivity index (χ4v) is 7.06. The van der Waals surface area contributed by atoms with Crippen LogP contribution in [0.25, 0.3) is 0 Å². The van der Waals surface area contributed by atoms with Crippen LogP contribution in [0.5, 0.6) is 0 Å². The van der Waals surface area contributed by atoms with E-state index < -0.39 is 20.0 Å². The van der Waals surface area contributed by atoms with E-state index in [2.05, 4.69) is 55.6 Å². The molecule has 1 amide bonds. The van der Waals surface area contributed by atoms with Gasteiger partial charge in [-0.1, -0.05) is 172 Å².